The molecule has 1 saturated heterocycles. The van der Waals surface area contributed by atoms with Crippen LogP contribution in [0.25, 0.3) is 0 Å². The monoisotopic (exact) mass is 334 g/mol. The molecule has 2 aromatic rings. The van der Waals surface area contributed by atoms with Gasteiger partial charge in [0, 0.05) is 24.8 Å². The average Bonchev–Trinajstić information content (AvgIpc) is 3.02. The summed E-state index contributed by atoms with van der Waals surface area (Å²) in [7, 11) is 0. The topological polar surface area (TPSA) is 54.7 Å². The van der Waals surface area contributed by atoms with Gasteiger partial charge in [-0.2, -0.15) is 0 Å². The Labute approximate surface area is 140 Å². The van der Waals surface area contributed by atoms with Gasteiger partial charge in [-0.05, 0) is 48.4 Å². The fraction of sp³-hybridized carbons (Fsp3) is 0.353. The molecular formula is C17H19ClN2O3. The predicted octanol–water partition coefficient (Wildman–Crippen LogP) is 3.58. The van der Waals surface area contributed by atoms with E-state index in [4.69, 9.17) is 20.8 Å². The van der Waals surface area contributed by atoms with Crippen molar-refractivity contribution in [3.63, 3.8) is 0 Å². The first-order valence-electron chi connectivity index (χ1n) is 7.62. The molecule has 2 heterocycles. The molecule has 1 amide bonds. The van der Waals surface area contributed by atoms with E-state index in [1.807, 2.05) is 24.3 Å². The summed E-state index contributed by atoms with van der Waals surface area (Å²) in [6, 6.07) is 11.3. The highest BCUT2D eigenvalue weighted by atomic mass is 35.5. The molecule has 5 nitrogen and oxygen atoms in total. The van der Waals surface area contributed by atoms with Crippen molar-refractivity contribution < 1.29 is 13.9 Å². The molecule has 1 N–H and O–H groups in total. The van der Waals surface area contributed by atoms with Crippen LogP contribution in [0.2, 0.25) is 5.22 Å². The second kappa shape index (κ2) is 7.17. The van der Waals surface area contributed by atoms with Gasteiger partial charge in [-0.3, -0.25) is 9.69 Å². The zero-order chi connectivity index (χ0) is 16.2. The predicted molar refractivity (Wildman–Crippen MR) is 88.9 cm³/mol. The molecular weight excluding hydrogens is 316 g/mol. The van der Waals surface area contributed by atoms with Gasteiger partial charge in [0.05, 0.1) is 13.2 Å². The van der Waals surface area contributed by atoms with E-state index in [1.165, 1.54) is 5.56 Å². The number of morpholine rings is 1. The molecule has 0 saturated carbocycles. The third-order valence-corrected chi connectivity index (χ3v) is 4.24. The number of anilines is 1. The zero-order valence-electron chi connectivity index (χ0n) is 12.9. The number of benzene rings is 1. The van der Waals surface area contributed by atoms with E-state index in [1.54, 1.807) is 12.1 Å². The number of rotatable bonds is 4. The molecule has 0 bridgehead atoms. The van der Waals surface area contributed by atoms with Gasteiger partial charge in [0.25, 0.3) is 5.91 Å². The van der Waals surface area contributed by atoms with Crippen LogP contribution in [0.1, 0.15) is 29.1 Å². The first kappa shape index (κ1) is 16.1. The van der Waals surface area contributed by atoms with Gasteiger partial charge >= 0.3 is 0 Å². The summed E-state index contributed by atoms with van der Waals surface area (Å²) < 4.78 is 10.5. The SMILES string of the molecule is C[C@@H](c1ccc(NC(=O)c2ccc(Cl)o2)cc1)N1CCOCC1. The Hall–Kier alpha value is -1.82. The average molecular weight is 335 g/mol. The van der Waals surface area contributed by atoms with E-state index < -0.39 is 0 Å². The Balaban J connectivity index is 1.63. The number of furan rings is 1. The van der Waals surface area contributed by atoms with Crippen molar-refractivity contribution in [2.24, 2.45) is 0 Å². The van der Waals surface area contributed by atoms with E-state index in [0.717, 1.165) is 32.0 Å². The summed E-state index contributed by atoms with van der Waals surface area (Å²) in [5.74, 6) is -0.119. The van der Waals surface area contributed by atoms with Crippen molar-refractivity contribution in [3.05, 3.63) is 52.9 Å². The molecule has 1 aromatic carbocycles. The quantitative estimate of drug-likeness (QED) is 0.928. The summed E-state index contributed by atoms with van der Waals surface area (Å²) in [4.78, 5) is 14.4. The molecule has 122 valence electrons. The lowest BCUT2D eigenvalue weighted by atomic mass is 10.1. The molecule has 0 aliphatic carbocycles. The van der Waals surface area contributed by atoms with Crippen LogP contribution in [0.15, 0.2) is 40.8 Å². The lowest BCUT2D eigenvalue weighted by Gasteiger charge is -2.32. The number of hydrogen-bond donors (Lipinski definition) is 1. The summed E-state index contributed by atoms with van der Waals surface area (Å²) in [6.45, 7) is 5.63. The van der Waals surface area contributed by atoms with Crippen molar-refractivity contribution >= 4 is 23.2 Å². The maximum Gasteiger partial charge on any atom is 0.291 e. The Morgan fingerprint density at radius 3 is 2.48 bits per heavy atom. The van der Waals surface area contributed by atoms with Crippen LogP contribution in [0.5, 0.6) is 0 Å². The van der Waals surface area contributed by atoms with Crippen LogP contribution in [0.3, 0.4) is 0 Å². The largest absolute Gasteiger partial charge is 0.440 e. The van der Waals surface area contributed by atoms with Crippen molar-refractivity contribution in [2.75, 3.05) is 31.6 Å². The number of nitrogens with zero attached hydrogens (tertiary/aromatic N) is 1. The van der Waals surface area contributed by atoms with Crippen molar-refractivity contribution in [1.82, 2.24) is 4.90 Å². The summed E-state index contributed by atoms with van der Waals surface area (Å²) in [5, 5.41) is 2.99. The van der Waals surface area contributed by atoms with Crippen LogP contribution >= 0.6 is 11.6 Å². The van der Waals surface area contributed by atoms with E-state index >= 15 is 0 Å². The number of halogens is 1. The Morgan fingerprint density at radius 1 is 1.17 bits per heavy atom. The Morgan fingerprint density at radius 2 is 1.87 bits per heavy atom. The van der Waals surface area contributed by atoms with Crippen LogP contribution < -0.4 is 5.32 Å². The molecule has 1 fully saturated rings. The molecule has 23 heavy (non-hydrogen) atoms. The second-order valence-corrected chi connectivity index (χ2v) is 5.88. The minimum Gasteiger partial charge on any atom is -0.440 e. The first-order valence-corrected chi connectivity index (χ1v) is 8.00. The molecule has 3 rings (SSSR count). The molecule has 6 heteroatoms. The zero-order valence-corrected chi connectivity index (χ0v) is 13.7. The highest BCUT2D eigenvalue weighted by Gasteiger charge is 2.18. The van der Waals surface area contributed by atoms with Gasteiger partial charge in [-0.25, -0.2) is 0 Å². The highest BCUT2D eigenvalue weighted by Crippen LogP contribution is 2.23. The first-order chi connectivity index (χ1) is 11.1. The normalized spacial score (nSPS) is 17.0. The molecule has 0 spiro atoms. The minimum absolute atomic E-state index is 0.195. The molecule has 1 atom stereocenters. The fourth-order valence-electron chi connectivity index (χ4n) is 2.65. The van der Waals surface area contributed by atoms with Crippen LogP contribution in [-0.4, -0.2) is 37.1 Å². The number of carbonyl (C=O) groups excluding carboxylic acids is 1. The van der Waals surface area contributed by atoms with E-state index in [9.17, 15) is 4.79 Å². The van der Waals surface area contributed by atoms with Gasteiger partial charge < -0.3 is 14.5 Å². The lowest BCUT2D eigenvalue weighted by molar-refractivity contribution is 0.0198. The smallest absolute Gasteiger partial charge is 0.291 e. The van der Waals surface area contributed by atoms with Crippen LogP contribution in [-0.2, 0) is 4.74 Å². The number of ether oxygens (including phenoxy) is 1. The van der Waals surface area contributed by atoms with Crippen LogP contribution in [0, 0.1) is 0 Å². The summed E-state index contributed by atoms with van der Waals surface area (Å²) in [6.07, 6.45) is 0. The summed E-state index contributed by atoms with van der Waals surface area (Å²) in [5.41, 5.74) is 1.94. The van der Waals surface area contributed by atoms with Gasteiger partial charge in [0.2, 0.25) is 0 Å². The Kier molecular flexibility index (Phi) is 5.00. The standard InChI is InChI=1S/C17H19ClN2O3/c1-12(20-8-10-22-11-9-20)13-2-4-14(5-3-13)19-17(21)15-6-7-16(18)23-15/h2-7,12H,8-11H2,1H3,(H,19,21)/t12-/m0/s1. The van der Waals surface area contributed by atoms with Crippen molar-refractivity contribution in [1.29, 1.82) is 0 Å². The number of carbonyl (C=O) groups is 1. The third kappa shape index (κ3) is 3.93. The maximum atomic E-state index is 12.0. The fourth-order valence-corrected chi connectivity index (χ4v) is 2.80. The molecule has 1 aliphatic rings. The van der Waals surface area contributed by atoms with Crippen molar-refractivity contribution in [3.8, 4) is 0 Å². The number of hydrogen-bond acceptors (Lipinski definition) is 4. The third-order valence-electron chi connectivity index (χ3n) is 4.04. The summed E-state index contributed by atoms with van der Waals surface area (Å²) >= 11 is 5.68. The van der Waals surface area contributed by atoms with E-state index in [0.29, 0.717) is 6.04 Å². The molecule has 0 unspecified atom stereocenters. The lowest BCUT2D eigenvalue weighted by Crippen LogP contribution is -2.37. The minimum atomic E-state index is -0.314. The van der Waals surface area contributed by atoms with E-state index in [2.05, 4.69) is 17.1 Å². The Bertz CT molecular complexity index is 663. The highest BCUT2D eigenvalue weighted by molar-refractivity contribution is 6.29. The number of amides is 1. The van der Waals surface area contributed by atoms with Crippen LogP contribution in [0.4, 0.5) is 5.69 Å². The van der Waals surface area contributed by atoms with Gasteiger partial charge in [0.15, 0.2) is 11.0 Å². The molecule has 1 aromatic heterocycles. The van der Waals surface area contributed by atoms with E-state index in [-0.39, 0.29) is 16.9 Å². The van der Waals surface area contributed by atoms with Crippen molar-refractivity contribution in [2.45, 2.75) is 13.0 Å². The van der Waals surface area contributed by atoms with Gasteiger partial charge in [-0.1, -0.05) is 12.1 Å². The second-order valence-electron chi connectivity index (χ2n) is 5.50. The molecule has 0 radical (unpaired) electrons. The maximum absolute atomic E-state index is 12.0. The number of nitrogens with one attached hydrogen (secondary N) is 1. The molecule has 1 aliphatic heterocycles. The van der Waals surface area contributed by atoms with Gasteiger partial charge in [0.1, 0.15) is 0 Å². The van der Waals surface area contributed by atoms with Gasteiger partial charge in [-0.15, -0.1) is 0 Å².